The lowest BCUT2D eigenvalue weighted by Crippen LogP contribution is -2.41. The predicted octanol–water partition coefficient (Wildman–Crippen LogP) is 3.47. The van der Waals surface area contributed by atoms with Gasteiger partial charge in [0, 0.05) is 25.0 Å². The van der Waals surface area contributed by atoms with Crippen molar-refractivity contribution in [2.45, 2.75) is 25.8 Å². The van der Waals surface area contributed by atoms with Gasteiger partial charge in [-0.05, 0) is 29.9 Å². The zero-order valence-corrected chi connectivity index (χ0v) is 11.0. The highest BCUT2D eigenvalue weighted by molar-refractivity contribution is 5.86. The van der Waals surface area contributed by atoms with Crippen molar-refractivity contribution in [3.8, 4) is 0 Å². The molecule has 0 radical (unpaired) electrons. The average molecular weight is 258 g/mol. The van der Waals surface area contributed by atoms with E-state index >= 15 is 0 Å². The molecule has 0 aliphatic carbocycles. The van der Waals surface area contributed by atoms with Gasteiger partial charge in [0.2, 0.25) is 0 Å². The first-order chi connectivity index (χ1) is 9.34. The fourth-order valence-electron chi connectivity index (χ4n) is 2.73. The highest BCUT2D eigenvalue weighted by Gasteiger charge is 2.10. The largest absolute Gasteiger partial charge is 0.251 e. The summed E-state index contributed by atoms with van der Waals surface area (Å²) in [6.07, 6.45) is 3.85. The fraction of sp³-hybridized carbons (Fsp3) is 0.375. The number of hydrazine groups is 1. The quantitative estimate of drug-likeness (QED) is 0.907. The van der Waals surface area contributed by atoms with Crippen molar-refractivity contribution in [1.82, 2.24) is 10.4 Å². The molecule has 1 N–H and O–H groups in total. The molecule has 0 atom stereocenters. The number of nitrogens with one attached hydrogen (secondary N) is 1. The van der Waals surface area contributed by atoms with Crippen molar-refractivity contribution in [3.63, 3.8) is 0 Å². The maximum Gasteiger partial charge on any atom is 0.131 e. The van der Waals surface area contributed by atoms with E-state index in [1.807, 2.05) is 30.3 Å². The lowest BCUT2D eigenvalue weighted by molar-refractivity contribution is 0.151. The van der Waals surface area contributed by atoms with Crippen LogP contribution in [-0.4, -0.2) is 18.1 Å². The molecule has 100 valence electrons. The van der Waals surface area contributed by atoms with Crippen molar-refractivity contribution in [2.75, 3.05) is 13.1 Å². The Hall–Kier alpha value is -1.45. The summed E-state index contributed by atoms with van der Waals surface area (Å²) in [5, 5.41) is 3.99. The molecule has 3 heteroatoms. The molecule has 0 saturated carbocycles. The van der Waals surface area contributed by atoms with Crippen LogP contribution >= 0.6 is 0 Å². The van der Waals surface area contributed by atoms with Crippen LogP contribution in [0.2, 0.25) is 0 Å². The van der Waals surface area contributed by atoms with Crippen LogP contribution in [0.15, 0.2) is 36.4 Å². The lowest BCUT2D eigenvalue weighted by Gasteiger charge is -2.27. The molecular weight excluding hydrogens is 239 g/mol. The van der Waals surface area contributed by atoms with Gasteiger partial charge in [-0.1, -0.05) is 36.8 Å². The first-order valence-electron chi connectivity index (χ1n) is 6.99. The van der Waals surface area contributed by atoms with Crippen LogP contribution in [0.4, 0.5) is 4.39 Å². The summed E-state index contributed by atoms with van der Waals surface area (Å²) in [7, 11) is 0. The van der Waals surface area contributed by atoms with Crippen LogP contribution in [0.1, 0.15) is 24.8 Å². The van der Waals surface area contributed by atoms with E-state index < -0.39 is 0 Å². The minimum Gasteiger partial charge on any atom is -0.251 e. The molecule has 3 rings (SSSR count). The zero-order chi connectivity index (χ0) is 13.1. The molecule has 0 amide bonds. The fourth-order valence-corrected chi connectivity index (χ4v) is 2.73. The van der Waals surface area contributed by atoms with Gasteiger partial charge in [0.15, 0.2) is 0 Å². The highest BCUT2D eigenvalue weighted by Crippen LogP contribution is 2.21. The second-order valence-corrected chi connectivity index (χ2v) is 5.13. The second kappa shape index (κ2) is 5.68. The van der Waals surface area contributed by atoms with Gasteiger partial charge in [-0.3, -0.25) is 5.43 Å². The summed E-state index contributed by atoms with van der Waals surface area (Å²) >= 11 is 0. The molecule has 19 heavy (non-hydrogen) atoms. The summed E-state index contributed by atoms with van der Waals surface area (Å²) in [5.74, 6) is -0.141. The number of benzene rings is 2. The molecule has 0 bridgehead atoms. The molecular formula is C16H19FN2. The number of rotatable bonds is 3. The SMILES string of the molecule is Fc1ccc(CNN2CCCCC2)c2ccccc12. The molecule has 1 fully saturated rings. The third kappa shape index (κ3) is 2.77. The predicted molar refractivity (Wildman–Crippen MR) is 76.2 cm³/mol. The minimum absolute atomic E-state index is 0.141. The minimum atomic E-state index is -0.141. The van der Waals surface area contributed by atoms with Gasteiger partial charge in [0.05, 0.1) is 0 Å². The van der Waals surface area contributed by atoms with Gasteiger partial charge < -0.3 is 0 Å². The Kier molecular flexibility index (Phi) is 3.76. The smallest absolute Gasteiger partial charge is 0.131 e. The number of fused-ring (bicyclic) bond motifs is 1. The zero-order valence-electron chi connectivity index (χ0n) is 11.0. The van der Waals surface area contributed by atoms with Crippen LogP contribution in [0, 0.1) is 5.82 Å². The number of piperidine rings is 1. The molecule has 0 aromatic heterocycles. The van der Waals surface area contributed by atoms with Gasteiger partial charge >= 0.3 is 0 Å². The molecule has 0 spiro atoms. The summed E-state index contributed by atoms with van der Waals surface area (Å²) in [4.78, 5) is 0. The third-order valence-electron chi connectivity index (χ3n) is 3.81. The molecule has 2 aromatic carbocycles. The molecule has 1 heterocycles. The van der Waals surface area contributed by atoms with E-state index in [4.69, 9.17) is 0 Å². The standard InChI is InChI=1S/C16H19FN2/c17-16-9-8-13(14-6-2-3-7-15(14)16)12-18-19-10-4-1-5-11-19/h2-3,6-9,18H,1,4-5,10-12H2. The molecule has 1 aliphatic heterocycles. The Morgan fingerprint density at radius 2 is 1.68 bits per heavy atom. The van der Waals surface area contributed by atoms with E-state index in [9.17, 15) is 4.39 Å². The third-order valence-corrected chi connectivity index (χ3v) is 3.81. The van der Waals surface area contributed by atoms with E-state index in [1.165, 1.54) is 19.3 Å². The van der Waals surface area contributed by atoms with Gasteiger partial charge in [-0.2, -0.15) is 0 Å². The highest BCUT2D eigenvalue weighted by atomic mass is 19.1. The van der Waals surface area contributed by atoms with Crippen LogP contribution in [0.25, 0.3) is 10.8 Å². The lowest BCUT2D eigenvalue weighted by atomic mass is 10.0. The van der Waals surface area contributed by atoms with E-state index in [2.05, 4.69) is 10.4 Å². The summed E-state index contributed by atoms with van der Waals surface area (Å²) in [6, 6.07) is 11.1. The monoisotopic (exact) mass is 258 g/mol. The number of nitrogens with zero attached hydrogens (tertiary/aromatic N) is 1. The Bertz CT molecular complexity index is 562. The van der Waals surface area contributed by atoms with Crippen molar-refractivity contribution < 1.29 is 4.39 Å². The van der Waals surface area contributed by atoms with Crippen molar-refractivity contribution in [3.05, 3.63) is 47.8 Å². The summed E-state index contributed by atoms with van der Waals surface area (Å²) in [6.45, 7) is 2.99. The number of halogens is 1. The normalized spacial score (nSPS) is 16.9. The van der Waals surface area contributed by atoms with Crippen molar-refractivity contribution in [2.24, 2.45) is 0 Å². The van der Waals surface area contributed by atoms with E-state index in [-0.39, 0.29) is 5.82 Å². The van der Waals surface area contributed by atoms with Crippen LogP contribution < -0.4 is 5.43 Å². The molecule has 2 nitrogen and oxygen atoms in total. The topological polar surface area (TPSA) is 15.3 Å². The Morgan fingerprint density at radius 1 is 0.947 bits per heavy atom. The van der Waals surface area contributed by atoms with Crippen molar-refractivity contribution in [1.29, 1.82) is 0 Å². The first kappa shape index (κ1) is 12.6. The molecule has 0 unspecified atom stereocenters. The molecule has 1 saturated heterocycles. The van der Waals surface area contributed by atoms with Crippen LogP contribution in [-0.2, 0) is 6.54 Å². The second-order valence-electron chi connectivity index (χ2n) is 5.13. The number of hydrogen-bond donors (Lipinski definition) is 1. The van der Waals surface area contributed by atoms with E-state index in [1.54, 1.807) is 6.07 Å². The Balaban J connectivity index is 1.79. The van der Waals surface area contributed by atoms with Gasteiger partial charge in [0.1, 0.15) is 5.82 Å². The average Bonchev–Trinajstić information content (AvgIpc) is 2.48. The number of hydrogen-bond acceptors (Lipinski definition) is 2. The summed E-state index contributed by atoms with van der Waals surface area (Å²) in [5.41, 5.74) is 4.62. The molecule has 1 aliphatic rings. The maximum atomic E-state index is 13.7. The first-order valence-corrected chi connectivity index (χ1v) is 6.99. The van der Waals surface area contributed by atoms with Gasteiger partial charge in [-0.15, -0.1) is 0 Å². The van der Waals surface area contributed by atoms with Crippen LogP contribution in [0.3, 0.4) is 0 Å². The Labute approximate surface area is 113 Å². The molecule has 2 aromatic rings. The summed E-state index contributed by atoms with van der Waals surface area (Å²) < 4.78 is 13.7. The van der Waals surface area contributed by atoms with Crippen molar-refractivity contribution >= 4 is 10.8 Å². The van der Waals surface area contributed by atoms with Crippen LogP contribution in [0.5, 0.6) is 0 Å². The van der Waals surface area contributed by atoms with E-state index in [0.717, 1.165) is 30.6 Å². The van der Waals surface area contributed by atoms with E-state index in [0.29, 0.717) is 5.39 Å². The Morgan fingerprint density at radius 3 is 2.47 bits per heavy atom. The maximum absolute atomic E-state index is 13.7. The van der Waals surface area contributed by atoms with Gasteiger partial charge in [0.25, 0.3) is 0 Å². The van der Waals surface area contributed by atoms with Gasteiger partial charge in [-0.25, -0.2) is 9.40 Å².